The van der Waals surface area contributed by atoms with Crippen molar-refractivity contribution in [1.29, 1.82) is 0 Å². The maximum Gasteiger partial charge on any atom is 0.224 e. The van der Waals surface area contributed by atoms with E-state index in [4.69, 9.17) is 18.0 Å². The molecule has 2 rings (SSSR count). The summed E-state index contributed by atoms with van der Waals surface area (Å²) in [7, 11) is 0. The fraction of sp³-hybridized carbons (Fsp3) is 0.429. The third kappa shape index (κ3) is 4.46. The molecule has 6 heteroatoms. The van der Waals surface area contributed by atoms with Crippen molar-refractivity contribution in [2.75, 3.05) is 16.8 Å². The summed E-state index contributed by atoms with van der Waals surface area (Å²) in [6.07, 6.45) is 2.82. The summed E-state index contributed by atoms with van der Waals surface area (Å²) in [5, 5.41) is 2.94. The molecule has 0 bridgehead atoms. The summed E-state index contributed by atoms with van der Waals surface area (Å²) in [6, 6.07) is 5.52. The Bertz CT molecular complexity index is 516. The van der Waals surface area contributed by atoms with Crippen LogP contribution in [0.15, 0.2) is 22.7 Å². The second kappa shape index (κ2) is 7.43. The second-order valence-electron chi connectivity index (χ2n) is 4.86. The lowest BCUT2D eigenvalue weighted by Crippen LogP contribution is -2.21. The Morgan fingerprint density at radius 3 is 2.80 bits per heavy atom. The van der Waals surface area contributed by atoms with E-state index in [1.54, 1.807) is 0 Å². The van der Waals surface area contributed by atoms with E-state index >= 15 is 0 Å². The van der Waals surface area contributed by atoms with E-state index in [2.05, 4.69) is 21.2 Å². The number of halogens is 1. The number of hydrogen-bond donors (Lipinski definition) is 2. The highest BCUT2D eigenvalue weighted by Gasteiger charge is 2.18. The zero-order valence-corrected chi connectivity index (χ0v) is 14.2. The average molecular weight is 373 g/mol. The minimum absolute atomic E-state index is 0.0394. The van der Waals surface area contributed by atoms with Gasteiger partial charge in [0, 0.05) is 16.5 Å². The molecule has 0 spiro atoms. The topological polar surface area (TPSA) is 55.1 Å². The van der Waals surface area contributed by atoms with Crippen LogP contribution in [-0.2, 0) is 4.79 Å². The predicted molar refractivity (Wildman–Crippen MR) is 93.3 cm³/mol. The summed E-state index contributed by atoms with van der Waals surface area (Å²) in [4.78, 5) is 12.4. The minimum Gasteiger partial charge on any atom is -0.389 e. The molecule has 0 aromatic heterocycles. The lowest BCUT2D eigenvalue weighted by atomic mass is 9.98. The molecular weight excluding hydrogens is 356 g/mol. The van der Waals surface area contributed by atoms with Gasteiger partial charge in [-0.05, 0) is 48.5 Å². The van der Waals surface area contributed by atoms with Gasteiger partial charge in [-0.1, -0.05) is 28.1 Å². The molecule has 1 aromatic rings. The van der Waals surface area contributed by atoms with Crippen LogP contribution in [0, 0.1) is 5.92 Å². The van der Waals surface area contributed by atoms with E-state index < -0.39 is 0 Å². The highest BCUT2D eigenvalue weighted by atomic mass is 79.9. The molecule has 3 nitrogen and oxygen atoms in total. The number of benzene rings is 1. The molecule has 20 heavy (non-hydrogen) atoms. The van der Waals surface area contributed by atoms with Gasteiger partial charge in [-0.2, -0.15) is 11.8 Å². The Morgan fingerprint density at radius 2 is 2.15 bits per heavy atom. The van der Waals surface area contributed by atoms with Gasteiger partial charge < -0.3 is 11.1 Å². The van der Waals surface area contributed by atoms with Crippen LogP contribution in [0.3, 0.4) is 0 Å². The predicted octanol–water partition coefficient (Wildman–Crippen LogP) is 3.56. The van der Waals surface area contributed by atoms with Crippen molar-refractivity contribution in [2.24, 2.45) is 11.7 Å². The summed E-state index contributed by atoms with van der Waals surface area (Å²) >= 11 is 10.4. The van der Waals surface area contributed by atoms with Crippen LogP contribution >= 0.6 is 39.9 Å². The third-order valence-corrected chi connectivity index (χ3v) is 5.10. The number of carbonyl (C=O) groups excluding carboxylic acids is 1. The van der Waals surface area contributed by atoms with Gasteiger partial charge in [0.05, 0.1) is 5.69 Å². The van der Waals surface area contributed by atoms with Crippen molar-refractivity contribution in [3.05, 3.63) is 28.2 Å². The smallest absolute Gasteiger partial charge is 0.224 e. The lowest BCUT2D eigenvalue weighted by molar-refractivity contribution is -0.117. The largest absolute Gasteiger partial charge is 0.389 e. The van der Waals surface area contributed by atoms with Gasteiger partial charge >= 0.3 is 0 Å². The zero-order valence-electron chi connectivity index (χ0n) is 11.0. The van der Waals surface area contributed by atoms with Crippen molar-refractivity contribution in [1.82, 2.24) is 0 Å². The van der Waals surface area contributed by atoms with E-state index in [-0.39, 0.29) is 5.91 Å². The standard InChI is InChI=1S/C14H17BrN2OS2/c15-10-1-2-11(14(16)19)12(8-10)17-13(18)7-9-3-5-20-6-4-9/h1-2,8-9H,3-7H2,(H2,16,19)(H,17,18). The summed E-state index contributed by atoms with van der Waals surface area (Å²) in [5.74, 6) is 2.86. The van der Waals surface area contributed by atoms with Gasteiger partial charge in [-0.25, -0.2) is 0 Å². The molecule has 0 atom stereocenters. The molecular formula is C14H17BrN2OS2. The minimum atomic E-state index is 0.0394. The number of nitrogens with one attached hydrogen (secondary N) is 1. The number of thiocarbonyl (C=S) groups is 1. The Kier molecular flexibility index (Phi) is 5.86. The van der Waals surface area contributed by atoms with Crippen molar-refractivity contribution in [3.8, 4) is 0 Å². The first-order valence-electron chi connectivity index (χ1n) is 6.53. The SMILES string of the molecule is NC(=S)c1ccc(Br)cc1NC(=O)CC1CCSCC1. The molecule has 0 radical (unpaired) electrons. The van der Waals surface area contributed by atoms with Gasteiger partial charge in [-0.3, -0.25) is 4.79 Å². The maximum absolute atomic E-state index is 12.1. The summed E-state index contributed by atoms with van der Waals surface area (Å²) in [6.45, 7) is 0. The lowest BCUT2D eigenvalue weighted by Gasteiger charge is -2.21. The molecule has 1 saturated heterocycles. The van der Waals surface area contributed by atoms with Crippen molar-refractivity contribution in [3.63, 3.8) is 0 Å². The van der Waals surface area contributed by atoms with Gasteiger partial charge in [0.1, 0.15) is 4.99 Å². The Labute approximate surface area is 137 Å². The van der Waals surface area contributed by atoms with E-state index in [1.165, 1.54) is 0 Å². The highest BCUT2D eigenvalue weighted by molar-refractivity contribution is 9.10. The van der Waals surface area contributed by atoms with Crippen LogP contribution in [0.5, 0.6) is 0 Å². The number of nitrogens with two attached hydrogens (primary N) is 1. The van der Waals surface area contributed by atoms with Crippen LogP contribution in [0.1, 0.15) is 24.8 Å². The molecule has 0 saturated carbocycles. The fourth-order valence-electron chi connectivity index (χ4n) is 2.25. The second-order valence-corrected chi connectivity index (χ2v) is 7.44. The Balaban J connectivity index is 2.03. The highest BCUT2D eigenvalue weighted by Crippen LogP contribution is 2.26. The zero-order chi connectivity index (χ0) is 14.5. The Hall–Kier alpha value is -0.590. The molecule has 1 amide bonds. The number of rotatable bonds is 4. The molecule has 1 aromatic carbocycles. The van der Waals surface area contributed by atoms with Gasteiger partial charge in [-0.15, -0.1) is 0 Å². The van der Waals surface area contributed by atoms with E-state index in [0.717, 1.165) is 28.8 Å². The van der Waals surface area contributed by atoms with Gasteiger partial charge in [0.15, 0.2) is 0 Å². The molecule has 0 aliphatic carbocycles. The molecule has 3 N–H and O–H groups in total. The molecule has 108 valence electrons. The molecule has 1 aliphatic rings. The molecule has 1 fully saturated rings. The van der Waals surface area contributed by atoms with Crippen LogP contribution in [0.25, 0.3) is 0 Å². The normalized spacial score (nSPS) is 15.8. The Morgan fingerprint density at radius 1 is 1.45 bits per heavy atom. The fourth-order valence-corrected chi connectivity index (χ4v) is 3.99. The van der Waals surface area contributed by atoms with E-state index in [0.29, 0.717) is 28.6 Å². The number of carbonyl (C=O) groups is 1. The van der Waals surface area contributed by atoms with Crippen LogP contribution < -0.4 is 11.1 Å². The molecule has 1 aliphatic heterocycles. The first-order chi connectivity index (χ1) is 9.56. The number of anilines is 1. The first kappa shape index (κ1) is 15.8. The molecule has 1 heterocycles. The third-order valence-electron chi connectivity index (χ3n) is 3.34. The van der Waals surface area contributed by atoms with Crippen molar-refractivity contribution >= 4 is 56.5 Å². The summed E-state index contributed by atoms with van der Waals surface area (Å²) < 4.78 is 0.891. The first-order valence-corrected chi connectivity index (χ1v) is 8.89. The number of amides is 1. The van der Waals surface area contributed by atoms with Crippen molar-refractivity contribution < 1.29 is 4.79 Å². The average Bonchev–Trinajstić information content (AvgIpc) is 2.39. The quantitative estimate of drug-likeness (QED) is 0.793. The summed E-state index contributed by atoms with van der Waals surface area (Å²) in [5.41, 5.74) is 7.07. The van der Waals surface area contributed by atoms with Crippen LogP contribution in [0.4, 0.5) is 5.69 Å². The number of hydrogen-bond acceptors (Lipinski definition) is 3. The van der Waals surface area contributed by atoms with E-state index in [9.17, 15) is 4.79 Å². The monoisotopic (exact) mass is 372 g/mol. The number of thioether (sulfide) groups is 1. The molecule has 0 unspecified atom stereocenters. The van der Waals surface area contributed by atoms with Gasteiger partial charge in [0.25, 0.3) is 0 Å². The van der Waals surface area contributed by atoms with Crippen LogP contribution in [-0.4, -0.2) is 22.4 Å². The van der Waals surface area contributed by atoms with Crippen LogP contribution in [0.2, 0.25) is 0 Å². The van der Waals surface area contributed by atoms with Gasteiger partial charge in [0.2, 0.25) is 5.91 Å². The maximum atomic E-state index is 12.1. The van der Waals surface area contributed by atoms with E-state index in [1.807, 2.05) is 30.0 Å². The van der Waals surface area contributed by atoms with Crippen molar-refractivity contribution in [2.45, 2.75) is 19.3 Å².